The average Bonchev–Trinajstić information content (AvgIpc) is 3.26. The van der Waals surface area contributed by atoms with Gasteiger partial charge in [0.1, 0.15) is 0 Å². The minimum absolute atomic E-state index is 0.0248. The number of nitro benzene ring substituents is 1. The number of aromatic nitrogens is 2. The molecule has 0 spiro atoms. The number of ether oxygens (including phenoxy) is 2. The van der Waals surface area contributed by atoms with Gasteiger partial charge in [-0.1, -0.05) is 18.2 Å². The molecule has 0 amide bonds. The van der Waals surface area contributed by atoms with Gasteiger partial charge in [0.15, 0.2) is 6.61 Å². The van der Waals surface area contributed by atoms with Gasteiger partial charge in [0.2, 0.25) is 5.78 Å². The summed E-state index contributed by atoms with van der Waals surface area (Å²) in [6, 6.07) is 15.6. The van der Waals surface area contributed by atoms with Crippen LogP contribution in [0.1, 0.15) is 61.8 Å². The Morgan fingerprint density at radius 3 is 2.59 bits per heavy atom. The zero-order valence-corrected chi connectivity index (χ0v) is 23.3. The van der Waals surface area contributed by atoms with Crippen molar-refractivity contribution in [1.82, 2.24) is 9.55 Å². The summed E-state index contributed by atoms with van der Waals surface area (Å²) >= 11 is 0. The number of pyridine rings is 1. The van der Waals surface area contributed by atoms with Gasteiger partial charge in [0.05, 0.1) is 28.3 Å². The van der Waals surface area contributed by atoms with Crippen LogP contribution < -0.4 is 0 Å². The topological polar surface area (TPSA) is 114 Å². The largest absolute Gasteiger partial charge is 0.454 e. The van der Waals surface area contributed by atoms with Crippen LogP contribution in [0.2, 0.25) is 0 Å². The molecule has 0 unspecified atom stereocenters. The van der Waals surface area contributed by atoms with E-state index in [4.69, 9.17) is 14.5 Å². The predicted octanol–water partition coefficient (Wildman–Crippen LogP) is 6.12. The zero-order chi connectivity index (χ0) is 29.1. The number of nitrogens with zero attached hydrogens (tertiary/aromatic N) is 3. The van der Waals surface area contributed by atoms with Crippen LogP contribution in [0.3, 0.4) is 0 Å². The van der Waals surface area contributed by atoms with Crippen LogP contribution in [0.25, 0.3) is 22.6 Å². The van der Waals surface area contributed by atoms with Crippen molar-refractivity contribution >= 4 is 40.0 Å². The summed E-state index contributed by atoms with van der Waals surface area (Å²) in [6.45, 7) is 4.60. The highest BCUT2D eigenvalue weighted by molar-refractivity contribution is 6.08. The number of hydrogen-bond donors (Lipinski definition) is 0. The second-order valence-corrected chi connectivity index (χ2v) is 10.1. The van der Waals surface area contributed by atoms with Gasteiger partial charge in [-0.05, 0) is 80.2 Å². The van der Waals surface area contributed by atoms with Gasteiger partial charge >= 0.3 is 5.97 Å². The van der Waals surface area contributed by atoms with Crippen molar-refractivity contribution in [2.45, 2.75) is 39.7 Å². The van der Waals surface area contributed by atoms with Crippen LogP contribution in [-0.2, 0) is 22.4 Å². The standard InChI is InChI=1S/C32H31N3O6/c1-20-17-27(21(2)34(20)15-16-40-3)29(36)19-41-32(37)30-25-8-4-5-10-28(25)33-31-23(7-6-9-26(30)31)18-22-11-13-24(14-12-22)35(38)39/h4-5,8,10-14,17-18H,6-7,9,15-16,19H2,1-3H3. The van der Waals surface area contributed by atoms with E-state index >= 15 is 0 Å². The Morgan fingerprint density at radius 2 is 1.85 bits per heavy atom. The third kappa shape index (κ3) is 5.67. The number of Topliss-reactive ketones (excluding diaryl/α,β-unsaturated/α-hetero) is 1. The summed E-state index contributed by atoms with van der Waals surface area (Å²) in [7, 11) is 1.63. The summed E-state index contributed by atoms with van der Waals surface area (Å²) in [5.74, 6) is -0.820. The van der Waals surface area contributed by atoms with E-state index in [1.807, 2.05) is 54.8 Å². The van der Waals surface area contributed by atoms with Crippen LogP contribution in [0.5, 0.6) is 0 Å². The van der Waals surface area contributed by atoms with Crippen LogP contribution in [0.15, 0.2) is 54.6 Å². The molecule has 0 fully saturated rings. The van der Waals surface area contributed by atoms with Gasteiger partial charge in [-0.3, -0.25) is 14.9 Å². The number of nitro groups is 1. The lowest BCUT2D eigenvalue weighted by molar-refractivity contribution is -0.384. The number of allylic oxidation sites excluding steroid dienone is 1. The first-order chi connectivity index (χ1) is 19.8. The normalized spacial score (nSPS) is 13.8. The molecule has 0 saturated heterocycles. The van der Waals surface area contributed by atoms with E-state index in [0.29, 0.717) is 47.3 Å². The van der Waals surface area contributed by atoms with Crippen molar-refractivity contribution in [1.29, 1.82) is 0 Å². The van der Waals surface area contributed by atoms with E-state index in [9.17, 15) is 19.7 Å². The minimum Gasteiger partial charge on any atom is -0.454 e. The average molecular weight is 554 g/mol. The Morgan fingerprint density at radius 1 is 1.10 bits per heavy atom. The molecule has 2 aromatic heterocycles. The summed E-state index contributed by atoms with van der Waals surface area (Å²) < 4.78 is 12.9. The first kappa shape index (κ1) is 27.9. The second-order valence-electron chi connectivity index (χ2n) is 10.1. The number of rotatable bonds is 9. The van der Waals surface area contributed by atoms with Crippen LogP contribution in [0.4, 0.5) is 5.69 Å². The van der Waals surface area contributed by atoms with Crippen molar-refractivity contribution in [3.8, 4) is 0 Å². The maximum Gasteiger partial charge on any atom is 0.339 e. The van der Waals surface area contributed by atoms with Crippen molar-refractivity contribution in [2.75, 3.05) is 20.3 Å². The Kier molecular flexibility index (Phi) is 8.07. The first-order valence-corrected chi connectivity index (χ1v) is 13.5. The van der Waals surface area contributed by atoms with E-state index in [1.165, 1.54) is 12.1 Å². The molecule has 9 nitrogen and oxygen atoms in total. The van der Waals surface area contributed by atoms with Gasteiger partial charge in [-0.2, -0.15) is 0 Å². The fraction of sp³-hybridized carbons (Fsp3) is 0.281. The lowest BCUT2D eigenvalue weighted by Gasteiger charge is -2.22. The molecular weight excluding hydrogens is 522 g/mol. The quantitative estimate of drug-likeness (QED) is 0.106. The molecule has 0 bridgehead atoms. The fourth-order valence-electron chi connectivity index (χ4n) is 5.49. The molecule has 0 N–H and O–H groups in total. The van der Waals surface area contributed by atoms with Crippen molar-refractivity contribution in [2.24, 2.45) is 0 Å². The van der Waals surface area contributed by atoms with Gasteiger partial charge in [-0.15, -0.1) is 0 Å². The fourth-order valence-corrected chi connectivity index (χ4v) is 5.49. The lowest BCUT2D eigenvalue weighted by atomic mass is 9.86. The summed E-state index contributed by atoms with van der Waals surface area (Å²) in [5.41, 5.74) is 6.65. The summed E-state index contributed by atoms with van der Waals surface area (Å²) in [6.07, 6.45) is 4.16. The first-order valence-electron chi connectivity index (χ1n) is 13.5. The Labute approximate surface area is 237 Å². The molecule has 210 valence electrons. The van der Waals surface area contributed by atoms with Crippen molar-refractivity contribution in [3.05, 3.63) is 104 Å². The highest BCUT2D eigenvalue weighted by Crippen LogP contribution is 2.36. The number of ketones is 1. The number of carbonyl (C=O) groups is 2. The molecule has 4 aromatic rings. The molecule has 0 radical (unpaired) electrons. The van der Waals surface area contributed by atoms with Crippen LogP contribution in [-0.4, -0.2) is 46.6 Å². The summed E-state index contributed by atoms with van der Waals surface area (Å²) in [5, 5.41) is 11.7. The highest BCUT2D eigenvalue weighted by atomic mass is 16.6. The number of para-hydroxylation sites is 1. The van der Waals surface area contributed by atoms with E-state index in [2.05, 4.69) is 0 Å². The maximum absolute atomic E-state index is 13.6. The second kappa shape index (κ2) is 11.9. The predicted molar refractivity (Wildman–Crippen MR) is 156 cm³/mol. The van der Waals surface area contributed by atoms with Gasteiger partial charge in [0, 0.05) is 48.1 Å². The molecule has 0 atom stereocenters. The third-order valence-electron chi connectivity index (χ3n) is 7.55. The van der Waals surface area contributed by atoms with Gasteiger partial charge < -0.3 is 14.0 Å². The molecule has 0 saturated carbocycles. The summed E-state index contributed by atoms with van der Waals surface area (Å²) in [4.78, 5) is 42.3. The molecule has 1 aliphatic carbocycles. The molecule has 9 heteroatoms. The lowest BCUT2D eigenvalue weighted by Crippen LogP contribution is -2.19. The molecule has 0 aliphatic heterocycles. The van der Waals surface area contributed by atoms with Crippen molar-refractivity contribution in [3.63, 3.8) is 0 Å². The number of fused-ring (bicyclic) bond motifs is 2. The number of carbonyl (C=O) groups excluding carboxylic acids is 2. The van der Waals surface area contributed by atoms with Crippen molar-refractivity contribution < 1.29 is 24.0 Å². The van der Waals surface area contributed by atoms with Gasteiger partial charge in [0.25, 0.3) is 5.69 Å². The van der Waals surface area contributed by atoms with E-state index in [0.717, 1.165) is 40.9 Å². The number of benzene rings is 2. The Hall–Kier alpha value is -4.63. The SMILES string of the molecule is COCCn1c(C)cc(C(=O)COC(=O)c2c3c(nc4ccccc24)C(=Cc2ccc([N+](=O)[O-])cc2)CCC3)c1C. The van der Waals surface area contributed by atoms with E-state index in [-0.39, 0.29) is 18.1 Å². The number of esters is 1. The number of aryl methyl sites for hydroxylation is 1. The zero-order valence-electron chi connectivity index (χ0n) is 23.3. The molecule has 5 rings (SSSR count). The number of non-ortho nitro benzene ring substituents is 1. The van der Waals surface area contributed by atoms with E-state index < -0.39 is 10.9 Å². The molecule has 1 aliphatic rings. The highest BCUT2D eigenvalue weighted by Gasteiger charge is 2.27. The molecule has 2 heterocycles. The van der Waals surface area contributed by atoms with Crippen LogP contribution in [0, 0.1) is 24.0 Å². The third-order valence-corrected chi connectivity index (χ3v) is 7.55. The smallest absolute Gasteiger partial charge is 0.339 e. The molecule has 41 heavy (non-hydrogen) atoms. The van der Waals surface area contributed by atoms with Crippen LogP contribution >= 0.6 is 0 Å². The monoisotopic (exact) mass is 553 g/mol. The number of methoxy groups -OCH3 is 1. The number of hydrogen-bond acceptors (Lipinski definition) is 7. The Bertz CT molecular complexity index is 1680. The van der Waals surface area contributed by atoms with E-state index in [1.54, 1.807) is 19.2 Å². The molecule has 2 aromatic carbocycles. The minimum atomic E-state index is -0.557. The Balaban J connectivity index is 1.46. The van der Waals surface area contributed by atoms with Gasteiger partial charge in [-0.25, -0.2) is 9.78 Å². The maximum atomic E-state index is 13.6. The molecular formula is C32H31N3O6.